The van der Waals surface area contributed by atoms with E-state index in [0.29, 0.717) is 0 Å². The summed E-state index contributed by atoms with van der Waals surface area (Å²) in [5, 5.41) is 0. The van der Waals surface area contributed by atoms with Crippen LogP contribution in [0.2, 0.25) is 0 Å². The second-order valence-corrected chi connectivity index (χ2v) is 3.54. The molecule has 0 atom stereocenters. The Bertz CT molecular complexity index is 103. The molecule has 0 aromatic carbocycles. The number of hydrogen-bond donors (Lipinski definition) is 0. The molecule has 0 aromatic rings. The molecule has 1 fully saturated rings. The Morgan fingerprint density at radius 2 is 1.55 bits per heavy atom. The number of halogens is 2. The van der Waals surface area contributed by atoms with Crippen molar-refractivity contribution in [3.8, 4) is 0 Å². The van der Waals surface area contributed by atoms with E-state index < -0.39 is 8.77 Å². The summed E-state index contributed by atoms with van der Waals surface area (Å²) in [6.45, 7) is 0. The first-order chi connectivity index (χ1) is 5.29. The first-order valence-electron chi connectivity index (χ1n) is 4.07. The molecule has 0 aliphatic heterocycles. The third-order valence-corrected chi connectivity index (χ3v) is 2.49. The van der Waals surface area contributed by atoms with Crippen molar-refractivity contribution in [3.05, 3.63) is 0 Å². The predicted molar refractivity (Wildman–Crippen MR) is 41.7 cm³/mol. The summed E-state index contributed by atoms with van der Waals surface area (Å²) in [6, 6.07) is 0. The van der Waals surface area contributed by atoms with Crippen molar-refractivity contribution in [1.82, 2.24) is 0 Å². The molecule has 0 heterocycles. The molecule has 0 bridgehead atoms. The van der Waals surface area contributed by atoms with Gasteiger partial charge in [-0.2, -0.15) is 8.39 Å². The minimum absolute atomic E-state index is 0.154. The average Bonchev–Trinajstić information content (AvgIpc) is 2.14. The molecule has 0 N–H and O–H groups in total. The Kier molecular flexibility index (Phi) is 4.24. The van der Waals surface area contributed by atoms with Crippen LogP contribution in [-0.2, 0) is 4.52 Å². The van der Waals surface area contributed by atoms with Crippen molar-refractivity contribution in [2.45, 2.75) is 44.6 Å². The predicted octanol–water partition coefficient (Wildman–Crippen LogP) is 3.89. The summed E-state index contributed by atoms with van der Waals surface area (Å²) in [4.78, 5) is 0. The topological polar surface area (TPSA) is 9.23 Å². The van der Waals surface area contributed by atoms with Gasteiger partial charge >= 0.3 is 8.77 Å². The van der Waals surface area contributed by atoms with E-state index in [2.05, 4.69) is 4.52 Å². The molecular weight excluding hydrogens is 169 g/mol. The summed E-state index contributed by atoms with van der Waals surface area (Å²) >= 11 is 0. The molecule has 1 rings (SSSR count). The van der Waals surface area contributed by atoms with Gasteiger partial charge in [0.05, 0.1) is 6.10 Å². The minimum Gasteiger partial charge on any atom is -0.302 e. The quantitative estimate of drug-likeness (QED) is 0.465. The van der Waals surface area contributed by atoms with Gasteiger partial charge in [0, 0.05) is 0 Å². The van der Waals surface area contributed by atoms with Crippen LogP contribution in [0.15, 0.2) is 0 Å². The van der Waals surface area contributed by atoms with Gasteiger partial charge in [-0.1, -0.05) is 25.7 Å². The maximum Gasteiger partial charge on any atom is 0.415 e. The largest absolute Gasteiger partial charge is 0.415 e. The molecule has 0 spiro atoms. The van der Waals surface area contributed by atoms with Crippen molar-refractivity contribution in [3.63, 3.8) is 0 Å². The van der Waals surface area contributed by atoms with E-state index in [-0.39, 0.29) is 6.10 Å². The van der Waals surface area contributed by atoms with Crippen molar-refractivity contribution in [1.29, 1.82) is 0 Å². The molecule has 0 radical (unpaired) electrons. The summed E-state index contributed by atoms with van der Waals surface area (Å²) in [6.07, 6.45) is 5.95. The standard InChI is InChI=1S/C7H13F2OP/c8-11(9)10-7-5-3-1-2-4-6-7/h7H,1-6H2. The zero-order valence-corrected chi connectivity index (χ0v) is 7.33. The van der Waals surface area contributed by atoms with E-state index in [9.17, 15) is 8.39 Å². The van der Waals surface area contributed by atoms with Crippen molar-refractivity contribution < 1.29 is 12.9 Å². The van der Waals surface area contributed by atoms with E-state index in [0.717, 1.165) is 25.7 Å². The Morgan fingerprint density at radius 1 is 1.00 bits per heavy atom. The second-order valence-electron chi connectivity index (χ2n) is 2.92. The first kappa shape index (κ1) is 9.34. The highest BCUT2D eigenvalue weighted by molar-refractivity contribution is 7.40. The average molecular weight is 182 g/mol. The molecule has 1 saturated carbocycles. The lowest BCUT2D eigenvalue weighted by molar-refractivity contribution is 0.182. The van der Waals surface area contributed by atoms with Gasteiger partial charge in [0.2, 0.25) is 0 Å². The van der Waals surface area contributed by atoms with Gasteiger partial charge in [0.15, 0.2) is 0 Å². The fraction of sp³-hybridized carbons (Fsp3) is 1.00. The van der Waals surface area contributed by atoms with Crippen LogP contribution in [0, 0.1) is 0 Å². The van der Waals surface area contributed by atoms with Crippen LogP contribution in [0.1, 0.15) is 38.5 Å². The van der Waals surface area contributed by atoms with Gasteiger partial charge in [0.1, 0.15) is 0 Å². The van der Waals surface area contributed by atoms with Crippen LogP contribution >= 0.6 is 8.77 Å². The lowest BCUT2D eigenvalue weighted by Crippen LogP contribution is -2.06. The lowest BCUT2D eigenvalue weighted by atomic mass is 10.2. The fourth-order valence-corrected chi connectivity index (χ4v) is 1.90. The highest BCUT2D eigenvalue weighted by atomic mass is 31.2. The second kappa shape index (κ2) is 5.00. The van der Waals surface area contributed by atoms with E-state index in [1.54, 1.807) is 0 Å². The Hall–Kier alpha value is 0.250. The third kappa shape index (κ3) is 3.97. The van der Waals surface area contributed by atoms with Crippen LogP contribution in [0.25, 0.3) is 0 Å². The van der Waals surface area contributed by atoms with E-state index >= 15 is 0 Å². The highest BCUT2D eigenvalue weighted by Crippen LogP contribution is 2.43. The van der Waals surface area contributed by atoms with Gasteiger partial charge in [-0.3, -0.25) is 0 Å². The minimum atomic E-state index is -3.14. The lowest BCUT2D eigenvalue weighted by Gasteiger charge is -2.12. The SMILES string of the molecule is FP(F)OC1CCCCCC1. The van der Waals surface area contributed by atoms with Crippen LogP contribution in [0.3, 0.4) is 0 Å². The molecule has 1 nitrogen and oxygen atoms in total. The molecule has 1 aliphatic rings. The summed E-state index contributed by atoms with van der Waals surface area (Å²) in [5.74, 6) is 0. The zero-order chi connectivity index (χ0) is 8.10. The van der Waals surface area contributed by atoms with E-state index in [1.807, 2.05) is 0 Å². The van der Waals surface area contributed by atoms with E-state index in [4.69, 9.17) is 0 Å². The molecule has 0 unspecified atom stereocenters. The van der Waals surface area contributed by atoms with Crippen molar-refractivity contribution >= 4 is 8.77 Å². The van der Waals surface area contributed by atoms with Gasteiger partial charge in [-0.15, -0.1) is 0 Å². The molecule has 4 heteroatoms. The van der Waals surface area contributed by atoms with Gasteiger partial charge in [-0.05, 0) is 12.8 Å². The summed E-state index contributed by atoms with van der Waals surface area (Å²) < 4.78 is 28.1. The van der Waals surface area contributed by atoms with Crippen LogP contribution in [-0.4, -0.2) is 6.10 Å². The highest BCUT2D eigenvalue weighted by Gasteiger charge is 2.17. The fourth-order valence-electron chi connectivity index (χ4n) is 1.46. The molecule has 11 heavy (non-hydrogen) atoms. The van der Waals surface area contributed by atoms with Crippen LogP contribution in [0.5, 0.6) is 0 Å². The van der Waals surface area contributed by atoms with Crippen LogP contribution < -0.4 is 0 Å². The maximum atomic E-state index is 11.8. The van der Waals surface area contributed by atoms with Crippen molar-refractivity contribution in [2.24, 2.45) is 0 Å². The smallest absolute Gasteiger partial charge is 0.302 e. The summed E-state index contributed by atoms with van der Waals surface area (Å²) in [5.41, 5.74) is 0. The molecule has 0 amide bonds. The Morgan fingerprint density at radius 3 is 2.00 bits per heavy atom. The monoisotopic (exact) mass is 182 g/mol. The van der Waals surface area contributed by atoms with Gasteiger partial charge < -0.3 is 4.52 Å². The Balaban J connectivity index is 2.20. The number of rotatable bonds is 2. The number of hydrogen-bond acceptors (Lipinski definition) is 1. The van der Waals surface area contributed by atoms with Gasteiger partial charge in [-0.25, -0.2) is 0 Å². The molecule has 66 valence electrons. The zero-order valence-electron chi connectivity index (χ0n) is 6.43. The molecule has 0 saturated heterocycles. The molecule has 1 aliphatic carbocycles. The normalized spacial score (nSPS) is 22.1. The first-order valence-corrected chi connectivity index (χ1v) is 5.11. The van der Waals surface area contributed by atoms with E-state index in [1.165, 1.54) is 12.8 Å². The van der Waals surface area contributed by atoms with Crippen molar-refractivity contribution in [2.75, 3.05) is 0 Å². The van der Waals surface area contributed by atoms with Crippen LogP contribution in [0.4, 0.5) is 8.39 Å². The maximum absolute atomic E-state index is 11.8. The third-order valence-electron chi connectivity index (χ3n) is 2.03. The summed E-state index contributed by atoms with van der Waals surface area (Å²) in [7, 11) is -3.14. The van der Waals surface area contributed by atoms with Gasteiger partial charge in [0.25, 0.3) is 0 Å². The molecular formula is C7H13F2OP. The molecule has 0 aromatic heterocycles. The Labute approximate surface area is 67.2 Å².